The molecule has 2 N–H and O–H groups in total. The topological polar surface area (TPSA) is 127 Å². The predicted octanol–water partition coefficient (Wildman–Crippen LogP) is 6.34. The number of H-pyrrole nitrogens is 1. The summed E-state index contributed by atoms with van der Waals surface area (Å²) in [6.45, 7) is 4.54. The van der Waals surface area contributed by atoms with E-state index in [0.29, 0.717) is 60.2 Å². The van der Waals surface area contributed by atoms with Crippen molar-refractivity contribution < 1.29 is 28.0 Å². The molecule has 1 unspecified atom stereocenters. The Morgan fingerprint density at radius 2 is 1.73 bits per heavy atom. The molecular weight excluding hydrogens is 767 g/mol. The molecule has 0 aliphatic carbocycles. The lowest BCUT2D eigenvalue weighted by molar-refractivity contribution is -0.134. The molecule has 0 saturated carbocycles. The van der Waals surface area contributed by atoms with E-state index in [1.165, 1.54) is 11.0 Å². The highest BCUT2D eigenvalue weighted by Crippen LogP contribution is 2.45. The minimum Gasteiger partial charge on any atom is -0.371 e. The van der Waals surface area contributed by atoms with Gasteiger partial charge in [0.1, 0.15) is 11.5 Å². The third-order valence-electron chi connectivity index (χ3n) is 12.8. The van der Waals surface area contributed by atoms with Crippen molar-refractivity contribution in [2.45, 2.75) is 51.0 Å². The number of halogens is 2. The number of aromatic amines is 1. The van der Waals surface area contributed by atoms with Crippen LogP contribution in [0, 0.1) is 17.0 Å². The van der Waals surface area contributed by atoms with E-state index in [0.717, 1.165) is 61.4 Å². The zero-order chi connectivity index (χ0) is 41.7. The number of benzene rings is 3. The third-order valence-corrected chi connectivity index (χ3v) is 12.8. The second-order valence-corrected chi connectivity index (χ2v) is 16.9. The monoisotopic (exact) mass is 814 g/mol. The van der Waals surface area contributed by atoms with Crippen LogP contribution in [0.5, 0.6) is 0 Å². The first-order valence-corrected chi connectivity index (χ1v) is 20.7. The average molecular weight is 815 g/mol. The maximum Gasteiger partial charge on any atom is 0.269 e. The van der Waals surface area contributed by atoms with Crippen molar-refractivity contribution >= 4 is 51.5 Å². The fourth-order valence-corrected chi connectivity index (χ4v) is 9.39. The molecule has 14 heteroatoms. The number of nitrogens with one attached hydrogen (secondary N) is 2. The lowest BCUT2D eigenvalue weighted by atomic mass is 9.71. The molecule has 1 atom stereocenters. The lowest BCUT2D eigenvalue weighted by Crippen LogP contribution is -2.60. The van der Waals surface area contributed by atoms with Crippen LogP contribution < -0.4 is 15.1 Å². The summed E-state index contributed by atoms with van der Waals surface area (Å²) >= 11 is 0. The summed E-state index contributed by atoms with van der Waals surface area (Å²) < 4.78 is 33.7. The zero-order valence-corrected chi connectivity index (χ0v) is 33.8. The van der Waals surface area contributed by atoms with Gasteiger partial charge in [-0.15, -0.1) is 0 Å². The van der Waals surface area contributed by atoms with Gasteiger partial charge in [0, 0.05) is 107 Å². The quantitative estimate of drug-likeness (QED) is 0.166. The van der Waals surface area contributed by atoms with Gasteiger partial charge in [-0.3, -0.25) is 29.2 Å². The molecule has 12 nitrogen and oxygen atoms in total. The second kappa shape index (κ2) is 15.7. The molecule has 6 heterocycles. The number of nitrogens with zero attached hydrogens (tertiary/aromatic N) is 6. The van der Waals surface area contributed by atoms with Gasteiger partial charge in [-0.05, 0) is 90.4 Å². The van der Waals surface area contributed by atoms with Crippen LogP contribution in [0.3, 0.4) is 0 Å². The summed E-state index contributed by atoms with van der Waals surface area (Å²) in [5.74, 6) is -2.25. The van der Waals surface area contributed by atoms with E-state index < -0.39 is 11.7 Å². The number of rotatable bonds is 9. The number of aryl methyl sites for hydroxylation is 1. The first-order valence-electron chi connectivity index (χ1n) is 20.7. The van der Waals surface area contributed by atoms with Gasteiger partial charge in [0.2, 0.25) is 17.7 Å². The Bertz CT molecular complexity index is 2510. The summed E-state index contributed by atoms with van der Waals surface area (Å²) in [6.07, 6.45) is 8.97. The summed E-state index contributed by atoms with van der Waals surface area (Å²) in [5, 5.41) is 7.16. The Kier molecular flexibility index (Phi) is 10.2. The van der Waals surface area contributed by atoms with Crippen LogP contribution in [0.15, 0.2) is 79.1 Å². The van der Waals surface area contributed by atoms with Gasteiger partial charge in [0.15, 0.2) is 5.82 Å². The average Bonchev–Trinajstić information content (AvgIpc) is 3.94. The summed E-state index contributed by atoms with van der Waals surface area (Å²) in [7, 11) is 3.32. The minimum absolute atomic E-state index is 0.0161. The predicted molar refractivity (Wildman–Crippen MR) is 225 cm³/mol. The summed E-state index contributed by atoms with van der Waals surface area (Å²) in [5.41, 5.74) is 5.65. The highest BCUT2D eigenvalue weighted by atomic mass is 19.1. The Hall–Kier alpha value is -6.31. The van der Waals surface area contributed by atoms with Crippen molar-refractivity contribution in [3.63, 3.8) is 0 Å². The van der Waals surface area contributed by atoms with Crippen molar-refractivity contribution in [2.24, 2.45) is 5.41 Å². The molecule has 3 fully saturated rings. The first kappa shape index (κ1) is 39.2. The Balaban J connectivity index is 0.895. The Labute approximate surface area is 346 Å². The van der Waals surface area contributed by atoms with Gasteiger partial charge in [-0.25, -0.2) is 8.78 Å². The van der Waals surface area contributed by atoms with Gasteiger partial charge in [-0.2, -0.15) is 5.10 Å². The smallest absolute Gasteiger partial charge is 0.269 e. The Morgan fingerprint density at radius 3 is 2.43 bits per heavy atom. The molecule has 3 saturated heterocycles. The van der Waals surface area contributed by atoms with Crippen molar-refractivity contribution in [1.82, 2.24) is 29.9 Å². The van der Waals surface area contributed by atoms with Crippen LogP contribution in [0.2, 0.25) is 0 Å². The van der Waals surface area contributed by atoms with Gasteiger partial charge in [0.05, 0.1) is 17.1 Å². The lowest BCUT2D eigenvalue weighted by Gasteiger charge is -2.55. The normalized spacial score (nSPS) is 19.0. The number of anilines is 2. The minimum atomic E-state index is -0.519. The van der Waals surface area contributed by atoms with Gasteiger partial charge >= 0.3 is 0 Å². The van der Waals surface area contributed by atoms with E-state index in [-0.39, 0.29) is 53.3 Å². The molecule has 9 rings (SSSR count). The highest BCUT2D eigenvalue weighted by Gasteiger charge is 2.45. The van der Waals surface area contributed by atoms with E-state index in [4.69, 9.17) is 0 Å². The van der Waals surface area contributed by atoms with Gasteiger partial charge < -0.3 is 24.6 Å². The van der Waals surface area contributed by atoms with Crippen LogP contribution in [-0.4, -0.2) is 102 Å². The fraction of sp³-hybridized carbons (Fsp3) is 0.370. The molecule has 2 aromatic heterocycles. The number of imide groups is 1. The number of amides is 4. The van der Waals surface area contributed by atoms with Crippen LogP contribution >= 0.6 is 0 Å². The molecule has 0 bridgehead atoms. The van der Waals surface area contributed by atoms with E-state index in [9.17, 15) is 19.2 Å². The molecule has 60 heavy (non-hydrogen) atoms. The number of fused-ring (bicyclic) bond motifs is 1. The van der Waals surface area contributed by atoms with Crippen molar-refractivity contribution in [2.75, 3.05) is 63.2 Å². The SMILES string of the molecule is CN(C)C(=O)c1cc2c(-c3ccc(N4CCC5(CC4)CN(c4ccc(C6CCC(=O)NC6=O)cc4F)C5)cc3)cc(C3=CCCN(C(=O)CCn4cccn4)C3)c(F)c2[nH]1. The number of hydrogen-bond acceptors (Lipinski definition) is 7. The van der Waals surface area contributed by atoms with Crippen LogP contribution in [0.25, 0.3) is 27.6 Å². The molecule has 4 aliphatic heterocycles. The number of carbonyl (C=O) groups excluding carboxylic acids is 4. The fourth-order valence-electron chi connectivity index (χ4n) is 9.39. The molecule has 0 radical (unpaired) electrons. The van der Waals surface area contributed by atoms with Gasteiger partial charge in [0.25, 0.3) is 5.91 Å². The van der Waals surface area contributed by atoms with Crippen LogP contribution in [-0.2, 0) is 20.9 Å². The van der Waals surface area contributed by atoms with Crippen LogP contribution in [0.1, 0.15) is 66.1 Å². The summed E-state index contributed by atoms with van der Waals surface area (Å²) in [6, 6.07) is 18.7. The largest absolute Gasteiger partial charge is 0.371 e. The number of hydrogen-bond donors (Lipinski definition) is 2. The van der Waals surface area contributed by atoms with E-state index in [1.54, 1.807) is 42.0 Å². The Morgan fingerprint density at radius 1 is 0.950 bits per heavy atom. The first-order chi connectivity index (χ1) is 28.9. The molecule has 1 spiro atoms. The van der Waals surface area contributed by atoms with Crippen molar-refractivity contribution in [1.29, 1.82) is 0 Å². The molecular formula is C46H48F2N8O4. The highest BCUT2D eigenvalue weighted by molar-refractivity contribution is 6.05. The summed E-state index contributed by atoms with van der Waals surface area (Å²) in [4.78, 5) is 61.0. The zero-order valence-electron chi connectivity index (χ0n) is 33.8. The molecule has 5 aromatic rings. The maximum absolute atomic E-state index is 16.6. The number of carbonyl (C=O) groups is 4. The van der Waals surface area contributed by atoms with E-state index in [1.807, 2.05) is 42.6 Å². The number of piperidine rings is 2. The number of aromatic nitrogens is 3. The third kappa shape index (κ3) is 7.43. The second-order valence-electron chi connectivity index (χ2n) is 16.9. The van der Waals surface area contributed by atoms with Crippen LogP contribution in [0.4, 0.5) is 20.2 Å². The van der Waals surface area contributed by atoms with E-state index >= 15 is 8.78 Å². The standard InChI is InChI=1S/C46H48F2N8O4/c1-52(2)45(60)38-25-36-34(24-35(42(48)43(36)50-38)31-5-3-18-54(26-31)41(58)14-20-56-19-4-17-49-56)29-6-9-32(10-7-29)53-21-15-46(16-22-53)27-55(28-46)39-12-8-30(23-37(39)47)33-11-13-40(57)51-44(33)59/h4-10,12,17,19,23-25,33,50H,3,11,13-16,18,20-22,26-28H2,1-2H3,(H,51,57,59). The molecule has 4 aliphatic rings. The van der Waals surface area contributed by atoms with Crippen molar-refractivity contribution in [3.05, 3.63) is 108 Å². The molecule has 310 valence electrons. The maximum atomic E-state index is 16.6. The van der Waals surface area contributed by atoms with Gasteiger partial charge in [-0.1, -0.05) is 24.3 Å². The van der Waals surface area contributed by atoms with Crippen molar-refractivity contribution in [3.8, 4) is 11.1 Å². The van der Waals surface area contributed by atoms with E-state index in [2.05, 4.69) is 37.3 Å². The molecule has 3 aromatic carbocycles. The molecule has 4 amide bonds.